The lowest BCUT2D eigenvalue weighted by atomic mass is 10.8. The van der Waals surface area contributed by atoms with Gasteiger partial charge in [0.05, 0.1) is 12.1 Å². The lowest BCUT2D eigenvalue weighted by molar-refractivity contribution is -0.135. The molecular formula is C12H26O5Si2. The molecule has 0 spiro atoms. The van der Waals surface area contributed by atoms with E-state index < -0.39 is 28.6 Å². The van der Waals surface area contributed by atoms with Crippen molar-refractivity contribution in [3.63, 3.8) is 0 Å². The highest BCUT2D eigenvalue weighted by Crippen LogP contribution is 2.32. The molecule has 0 unspecified atom stereocenters. The minimum Gasteiger partial charge on any atom is -0.481 e. The van der Waals surface area contributed by atoms with Gasteiger partial charge < -0.3 is 14.3 Å². The Bertz CT molecular complexity index is 281. The third-order valence-electron chi connectivity index (χ3n) is 3.96. The van der Waals surface area contributed by atoms with Gasteiger partial charge in [0.15, 0.2) is 16.6 Å². The largest absolute Gasteiger partial charge is 0.481 e. The molecule has 0 aromatic rings. The van der Waals surface area contributed by atoms with Crippen LogP contribution < -0.4 is 0 Å². The topological polar surface area (TPSA) is 83.8 Å². The van der Waals surface area contributed by atoms with Crippen LogP contribution in [-0.2, 0) is 13.7 Å². The molecule has 7 heteroatoms. The predicted molar refractivity (Wildman–Crippen MR) is 79.4 cm³/mol. The molecule has 0 radical (unpaired) electrons. The standard InChI is InChI=1S/C12H26O5Si2/c1-5-18(6-2,9-11(13)14)17-19(7-3,8-4)10-12(15)16/h5-10H2,1-4H3,(H,13,14)(H,15,16). The summed E-state index contributed by atoms with van der Waals surface area (Å²) in [4.78, 5) is 22.1. The SMILES string of the molecule is CC[Si](CC)(CC(=O)O)O[Si](CC)(CC)CC(=O)O. The monoisotopic (exact) mass is 306 g/mol. The summed E-state index contributed by atoms with van der Waals surface area (Å²) in [5, 5.41) is 18.2. The molecule has 19 heavy (non-hydrogen) atoms. The van der Waals surface area contributed by atoms with Crippen molar-refractivity contribution in [1.29, 1.82) is 0 Å². The van der Waals surface area contributed by atoms with E-state index in [0.717, 1.165) is 24.2 Å². The Hall–Kier alpha value is -0.666. The molecule has 0 saturated heterocycles. The van der Waals surface area contributed by atoms with E-state index in [0.29, 0.717) is 0 Å². The van der Waals surface area contributed by atoms with Gasteiger partial charge in [0.1, 0.15) is 0 Å². The molecule has 0 aliphatic rings. The van der Waals surface area contributed by atoms with Gasteiger partial charge in [-0.2, -0.15) is 0 Å². The van der Waals surface area contributed by atoms with Crippen molar-refractivity contribution in [2.45, 2.75) is 64.0 Å². The molecule has 5 nitrogen and oxygen atoms in total. The average molecular weight is 307 g/mol. The fraction of sp³-hybridized carbons (Fsp3) is 0.833. The van der Waals surface area contributed by atoms with Crippen LogP contribution in [0.4, 0.5) is 0 Å². The summed E-state index contributed by atoms with van der Waals surface area (Å²) < 4.78 is 6.36. The molecule has 0 saturated carbocycles. The Kier molecular flexibility index (Phi) is 7.54. The summed E-state index contributed by atoms with van der Waals surface area (Å²) in [7, 11) is -4.70. The van der Waals surface area contributed by atoms with Gasteiger partial charge in [-0.05, 0) is 24.2 Å². The van der Waals surface area contributed by atoms with E-state index in [-0.39, 0.29) is 12.1 Å². The third kappa shape index (κ3) is 5.45. The van der Waals surface area contributed by atoms with E-state index >= 15 is 0 Å². The van der Waals surface area contributed by atoms with Crippen molar-refractivity contribution >= 4 is 28.6 Å². The maximum atomic E-state index is 11.1. The van der Waals surface area contributed by atoms with Crippen LogP contribution in [0.2, 0.25) is 36.3 Å². The summed E-state index contributed by atoms with van der Waals surface area (Å²) in [5.74, 6) is -1.67. The quantitative estimate of drug-likeness (QED) is 0.606. The Morgan fingerprint density at radius 2 is 1.05 bits per heavy atom. The molecule has 0 atom stereocenters. The number of hydrogen-bond donors (Lipinski definition) is 2. The minimum absolute atomic E-state index is 0.0777. The highest BCUT2D eigenvalue weighted by Gasteiger charge is 2.44. The molecule has 0 heterocycles. The minimum atomic E-state index is -2.35. The molecule has 0 aromatic carbocycles. The smallest absolute Gasteiger partial charge is 0.302 e. The number of carboxylic acids is 2. The lowest BCUT2D eigenvalue weighted by Gasteiger charge is -2.39. The normalized spacial score (nSPS) is 12.4. The fourth-order valence-electron chi connectivity index (χ4n) is 2.37. The van der Waals surface area contributed by atoms with Crippen molar-refractivity contribution in [2.24, 2.45) is 0 Å². The van der Waals surface area contributed by atoms with Gasteiger partial charge in [0, 0.05) is 0 Å². The Labute approximate surface area is 117 Å². The lowest BCUT2D eigenvalue weighted by Crippen LogP contribution is -2.52. The van der Waals surface area contributed by atoms with Crippen LogP contribution in [0.3, 0.4) is 0 Å². The fourth-order valence-corrected chi connectivity index (χ4v) is 12.0. The van der Waals surface area contributed by atoms with Gasteiger partial charge in [0.25, 0.3) is 0 Å². The molecule has 0 aliphatic carbocycles. The molecule has 112 valence electrons. The van der Waals surface area contributed by atoms with E-state index in [4.69, 9.17) is 14.3 Å². The predicted octanol–water partition coefficient (Wildman–Crippen LogP) is 3.14. The molecule has 0 aliphatic heterocycles. The maximum Gasteiger partial charge on any atom is 0.302 e. The highest BCUT2D eigenvalue weighted by atomic mass is 28.4. The second-order valence-corrected chi connectivity index (χ2v) is 14.1. The summed E-state index contributed by atoms with van der Waals surface area (Å²) in [6, 6.07) is 3.06. The molecule has 2 N–H and O–H groups in total. The summed E-state index contributed by atoms with van der Waals surface area (Å²) in [6.07, 6.45) is 0. The first-order chi connectivity index (χ1) is 8.78. The van der Waals surface area contributed by atoms with E-state index in [1.54, 1.807) is 0 Å². The van der Waals surface area contributed by atoms with Crippen LogP contribution >= 0.6 is 0 Å². The maximum absolute atomic E-state index is 11.1. The van der Waals surface area contributed by atoms with Gasteiger partial charge in [-0.15, -0.1) is 0 Å². The van der Waals surface area contributed by atoms with Gasteiger partial charge in [-0.1, -0.05) is 27.7 Å². The van der Waals surface area contributed by atoms with Crippen molar-refractivity contribution in [2.75, 3.05) is 0 Å². The van der Waals surface area contributed by atoms with Crippen molar-refractivity contribution in [3.05, 3.63) is 0 Å². The Balaban J connectivity index is 5.23. The molecule has 0 rings (SSSR count). The molecular weight excluding hydrogens is 280 g/mol. The zero-order valence-corrected chi connectivity index (χ0v) is 14.4. The van der Waals surface area contributed by atoms with E-state index in [1.807, 2.05) is 27.7 Å². The zero-order chi connectivity index (χ0) is 15.1. The van der Waals surface area contributed by atoms with Gasteiger partial charge in [0.2, 0.25) is 0 Å². The zero-order valence-electron chi connectivity index (χ0n) is 12.4. The van der Waals surface area contributed by atoms with Crippen LogP contribution in [0, 0.1) is 0 Å². The first-order valence-corrected chi connectivity index (χ1v) is 12.0. The second kappa shape index (κ2) is 7.81. The van der Waals surface area contributed by atoms with Crippen LogP contribution in [0.5, 0.6) is 0 Å². The number of rotatable bonds is 10. The molecule has 0 fully saturated rings. The summed E-state index contributed by atoms with van der Waals surface area (Å²) in [6.45, 7) is 7.85. The molecule has 0 amide bonds. The average Bonchev–Trinajstić information content (AvgIpc) is 2.35. The van der Waals surface area contributed by atoms with Gasteiger partial charge in [-0.25, -0.2) is 0 Å². The van der Waals surface area contributed by atoms with Crippen molar-refractivity contribution in [1.82, 2.24) is 0 Å². The molecule has 0 aromatic heterocycles. The number of carboxylic acid groups (broad SMARTS) is 2. The Morgan fingerprint density at radius 3 is 1.21 bits per heavy atom. The van der Waals surface area contributed by atoms with Crippen molar-refractivity contribution in [3.8, 4) is 0 Å². The summed E-state index contributed by atoms with van der Waals surface area (Å²) >= 11 is 0. The van der Waals surface area contributed by atoms with E-state index in [1.165, 1.54) is 0 Å². The summed E-state index contributed by atoms with van der Waals surface area (Å²) in [5.41, 5.74) is 0. The van der Waals surface area contributed by atoms with Gasteiger partial charge >= 0.3 is 11.9 Å². The first-order valence-electron chi connectivity index (χ1n) is 6.92. The van der Waals surface area contributed by atoms with Crippen LogP contribution in [0.1, 0.15) is 27.7 Å². The number of carbonyl (C=O) groups is 2. The van der Waals surface area contributed by atoms with Crippen molar-refractivity contribution < 1.29 is 23.9 Å². The molecule has 0 bridgehead atoms. The van der Waals surface area contributed by atoms with Gasteiger partial charge in [-0.3, -0.25) is 9.59 Å². The second-order valence-electron chi connectivity index (χ2n) is 5.02. The highest BCUT2D eigenvalue weighted by molar-refractivity contribution is 6.89. The number of aliphatic carboxylic acids is 2. The van der Waals surface area contributed by atoms with E-state index in [9.17, 15) is 9.59 Å². The van der Waals surface area contributed by atoms with Crippen LogP contribution in [0.15, 0.2) is 0 Å². The van der Waals surface area contributed by atoms with Crippen LogP contribution in [-0.4, -0.2) is 38.8 Å². The van der Waals surface area contributed by atoms with E-state index in [2.05, 4.69) is 0 Å². The third-order valence-corrected chi connectivity index (χ3v) is 14.5. The van der Waals surface area contributed by atoms with Crippen LogP contribution in [0.25, 0.3) is 0 Å². The Morgan fingerprint density at radius 1 is 0.789 bits per heavy atom. The number of hydrogen-bond acceptors (Lipinski definition) is 3. The first kappa shape index (κ1) is 18.3.